The van der Waals surface area contributed by atoms with E-state index in [1.54, 1.807) is 12.1 Å². The predicted molar refractivity (Wildman–Crippen MR) is 108 cm³/mol. The van der Waals surface area contributed by atoms with Crippen LogP contribution in [0, 0.1) is 0 Å². The summed E-state index contributed by atoms with van der Waals surface area (Å²) in [5.74, 6) is 0.962. The molecule has 30 heavy (non-hydrogen) atoms. The SMILES string of the molecule is COc1cc(CNC(=O)c2cc(S(=O)(=O)N3CCOCC3)c[nH]2)cc(OC)c1OC. The lowest BCUT2D eigenvalue weighted by molar-refractivity contribution is 0.0730. The van der Waals surface area contributed by atoms with E-state index in [9.17, 15) is 13.2 Å². The van der Waals surface area contributed by atoms with Gasteiger partial charge in [-0.05, 0) is 23.8 Å². The summed E-state index contributed by atoms with van der Waals surface area (Å²) in [6.07, 6.45) is 1.32. The highest BCUT2D eigenvalue weighted by molar-refractivity contribution is 7.89. The van der Waals surface area contributed by atoms with Crippen LogP contribution in [0.1, 0.15) is 16.1 Å². The maximum Gasteiger partial charge on any atom is 0.268 e. The van der Waals surface area contributed by atoms with Gasteiger partial charge in [0.05, 0.1) is 34.5 Å². The van der Waals surface area contributed by atoms with E-state index < -0.39 is 15.9 Å². The summed E-state index contributed by atoms with van der Waals surface area (Å²) in [5, 5.41) is 2.75. The normalized spacial score (nSPS) is 14.9. The molecule has 164 valence electrons. The topological polar surface area (TPSA) is 119 Å². The number of nitrogens with one attached hydrogen (secondary N) is 2. The molecule has 0 radical (unpaired) electrons. The summed E-state index contributed by atoms with van der Waals surface area (Å²) in [4.78, 5) is 15.3. The standard InChI is InChI=1S/C19H25N3O7S/c1-26-16-8-13(9-17(27-2)18(16)28-3)11-21-19(23)15-10-14(12-20-15)30(24,25)22-4-6-29-7-5-22/h8-10,12,20H,4-7,11H2,1-3H3,(H,21,23). The molecule has 1 amide bonds. The molecule has 0 saturated carbocycles. The predicted octanol–water partition coefficient (Wildman–Crippen LogP) is 0.991. The Morgan fingerprint density at radius 1 is 1.10 bits per heavy atom. The zero-order valence-corrected chi connectivity index (χ0v) is 17.9. The molecule has 0 spiro atoms. The molecule has 2 heterocycles. The first kappa shape index (κ1) is 21.9. The summed E-state index contributed by atoms with van der Waals surface area (Å²) in [5.41, 5.74) is 0.875. The smallest absolute Gasteiger partial charge is 0.268 e. The second-order valence-electron chi connectivity index (χ2n) is 6.48. The maximum atomic E-state index is 12.7. The Balaban J connectivity index is 1.70. The summed E-state index contributed by atoms with van der Waals surface area (Å²) in [7, 11) is 0.855. The zero-order valence-electron chi connectivity index (χ0n) is 17.1. The molecule has 3 rings (SSSR count). The summed E-state index contributed by atoms with van der Waals surface area (Å²) in [6.45, 7) is 1.46. The minimum absolute atomic E-state index is 0.0438. The Bertz CT molecular complexity index is 972. The lowest BCUT2D eigenvalue weighted by atomic mass is 10.1. The van der Waals surface area contributed by atoms with Crippen LogP contribution in [0.4, 0.5) is 0 Å². The van der Waals surface area contributed by atoms with Crippen molar-refractivity contribution < 1.29 is 32.2 Å². The molecule has 11 heteroatoms. The molecule has 1 aliphatic rings. The van der Waals surface area contributed by atoms with E-state index in [1.807, 2.05) is 0 Å². The van der Waals surface area contributed by atoms with Crippen molar-refractivity contribution in [1.29, 1.82) is 0 Å². The number of sulfonamides is 1. The number of H-pyrrole nitrogens is 1. The first-order valence-electron chi connectivity index (χ1n) is 9.24. The van der Waals surface area contributed by atoms with Gasteiger partial charge in [0.1, 0.15) is 10.6 Å². The second-order valence-corrected chi connectivity index (χ2v) is 8.42. The van der Waals surface area contributed by atoms with E-state index in [2.05, 4.69) is 10.3 Å². The van der Waals surface area contributed by atoms with Gasteiger partial charge in [0.15, 0.2) is 11.5 Å². The number of rotatable bonds is 8. The van der Waals surface area contributed by atoms with Crippen LogP contribution in [0.2, 0.25) is 0 Å². The van der Waals surface area contributed by atoms with E-state index in [-0.39, 0.29) is 30.2 Å². The summed E-state index contributed by atoms with van der Waals surface area (Å²) < 4.78 is 47.8. The Hall–Kier alpha value is -2.76. The number of methoxy groups -OCH3 is 3. The van der Waals surface area contributed by atoms with Gasteiger partial charge in [0.25, 0.3) is 5.91 Å². The number of carbonyl (C=O) groups is 1. The van der Waals surface area contributed by atoms with Gasteiger partial charge < -0.3 is 29.2 Å². The Labute approximate surface area is 175 Å². The van der Waals surface area contributed by atoms with Gasteiger partial charge in [-0.15, -0.1) is 0 Å². The van der Waals surface area contributed by atoms with Crippen molar-refractivity contribution in [2.24, 2.45) is 0 Å². The molecular formula is C19H25N3O7S. The van der Waals surface area contributed by atoms with Gasteiger partial charge in [-0.3, -0.25) is 4.79 Å². The first-order valence-corrected chi connectivity index (χ1v) is 10.7. The van der Waals surface area contributed by atoms with E-state index in [0.717, 1.165) is 5.56 Å². The third-order valence-electron chi connectivity index (χ3n) is 4.69. The number of hydrogen-bond acceptors (Lipinski definition) is 7. The fourth-order valence-electron chi connectivity index (χ4n) is 3.11. The van der Waals surface area contributed by atoms with Crippen molar-refractivity contribution in [2.75, 3.05) is 47.6 Å². The number of morpholine rings is 1. The number of ether oxygens (including phenoxy) is 4. The third-order valence-corrected chi connectivity index (χ3v) is 6.56. The van der Waals surface area contributed by atoms with Crippen molar-refractivity contribution in [3.05, 3.63) is 35.7 Å². The fraction of sp³-hybridized carbons (Fsp3) is 0.421. The number of aromatic amines is 1. The van der Waals surface area contributed by atoms with Crippen LogP contribution in [0.5, 0.6) is 17.2 Å². The fourth-order valence-corrected chi connectivity index (χ4v) is 4.51. The van der Waals surface area contributed by atoms with Crippen LogP contribution in [0.3, 0.4) is 0 Å². The average Bonchev–Trinajstić information content (AvgIpc) is 3.28. The van der Waals surface area contributed by atoms with Gasteiger partial charge in [0, 0.05) is 25.8 Å². The van der Waals surface area contributed by atoms with Crippen molar-refractivity contribution in [2.45, 2.75) is 11.4 Å². The van der Waals surface area contributed by atoms with Gasteiger partial charge in [-0.2, -0.15) is 4.31 Å². The van der Waals surface area contributed by atoms with Crippen LogP contribution >= 0.6 is 0 Å². The van der Waals surface area contributed by atoms with E-state index in [1.165, 1.54) is 37.9 Å². The highest BCUT2D eigenvalue weighted by atomic mass is 32.2. The summed E-state index contributed by atoms with van der Waals surface area (Å²) in [6, 6.07) is 4.78. The number of aromatic nitrogens is 1. The monoisotopic (exact) mass is 439 g/mol. The molecule has 1 fully saturated rings. The lowest BCUT2D eigenvalue weighted by Gasteiger charge is -2.25. The van der Waals surface area contributed by atoms with Crippen molar-refractivity contribution in [1.82, 2.24) is 14.6 Å². The minimum atomic E-state index is -3.67. The number of hydrogen-bond donors (Lipinski definition) is 2. The first-order chi connectivity index (χ1) is 14.4. The van der Waals surface area contributed by atoms with Gasteiger partial charge in [0.2, 0.25) is 15.8 Å². The highest BCUT2D eigenvalue weighted by Gasteiger charge is 2.28. The molecule has 2 aromatic rings. The molecule has 0 bridgehead atoms. The van der Waals surface area contributed by atoms with E-state index in [4.69, 9.17) is 18.9 Å². The van der Waals surface area contributed by atoms with Crippen molar-refractivity contribution in [3.8, 4) is 17.2 Å². The molecule has 0 aliphatic carbocycles. The van der Waals surface area contributed by atoms with Crippen LogP contribution in [0.15, 0.2) is 29.3 Å². The van der Waals surface area contributed by atoms with Crippen LogP contribution in [-0.2, 0) is 21.3 Å². The Morgan fingerprint density at radius 2 is 1.73 bits per heavy atom. The Morgan fingerprint density at radius 3 is 2.30 bits per heavy atom. The van der Waals surface area contributed by atoms with Crippen molar-refractivity contribution >= 4 is 15.9 Å². The van der Waals surface area contributed by atoms with Crippen LogP contribution in [-0.4, -0.2) is 71.2 Å². The number of benzene rings is 1. The number of carbonyl (C=O) groups excluding carboxylic acids is 1. The van der Waals surface area contributed by atoms with E-state index in [0.29, 0.717) is 30.5 Å². The number of amides is 1. The summed E-state index contributed by atoms with van der Waals surface area (Å²) >= 11 is 0. The quantitative estimate of drug-likeness (QED) is 0.630. The number of nitrogens with zero attached hydrogens (tertiary/aromatic N) is 1. The van der Waals surface area contributed by atoms with Crippen molar-refractivity contribution in [3.63, 3.8) is 0 Å². The van der Waals surface area contributed by atoms with Gasteiger partial charge in [-0.1, -0.05) is 0 Å². The highest BCUT2D eigenvalue weighted by Crippen LogP contribution is 2.38. The van der Waals surface area contributed by atoms with Gasteiger partial charge >= 0.3 is 0 Å². The molecule has 0 atom stereocenters. The molecule has 1 aromatic heterocycles. The average molecular weight is 439 g/mol. The molecule has 1 saturated heterocycles. The van der Waals surface area contributed by atoms with Gasteiger partial charge in [-0.25, -0.2) is 8.42 Å². The molecule has 10 nitrogen and oxygen atoms in total. The zero-order chi connectivity index (χ0) is 21.7. The molecule has 0 unspecified atom stereocenters. The maximum absolute atomic E-state index is 12.7. The third kappa shape index (κ3) is 4.53. The second kappa shape index (κ2) is 9.37. The van der Waals surface area contributed by atoms with E-state index >= 15 is 0 Å². The van der Waals surface area contributed by atoms with Crippen LogP contribution < -0.4 is 19.5 Å². The molecule has 1 aromatic carbocycles. The molecule has 1 aliphatic heterocycles. The molecule has 2 N–H and O–H groups in total. The molecular weight excluding hydrogens is 414 g/mol. The Kier molecular flexibility index (Phi) is 6.85. The largest absolute Gasteiger partial charge is 0.493 e. The minimum Gasteiger partial charge on any atom is -0.493 e. The lowest BCUT2D eigenvalue weighted by Crippen LogP contribution is -2.40. The van der Waals surface area contributed by atoms with Crippen LogP contribution in [0.25, 0.3) is 0 Å².